The predicted octanol–water partition coefficient (Wildman–Crippen LogP) is 2.00. The normalized spacial score (nSPS) is 26.4. The number of benzene rings is 1. The number of likely N-dealkylation sites (tertiary alicyclic amines) is 1. The number of fused-ring (bicyclic) bond motifs is 3. The van der Waals surface area contributed by atoms with Gasteiger partial charge in [-0.3, -0.25) is 14.5 Å². The summed E-state index contributed by atoms with van der Waals surface area (Å²) in [7, 11) is 5.15. The van der Waals surface area contributed by atoms with Crippen LogP contribution in [0.3, 0.4) is 0 Å². The Labute approximate surface area is 206 Å². The standard InChI is InChI=1S/C27H35N3O5/c1-28(2)27(33)25-21(16-31)20-15-29-22(24(20)30(25)14-17-10-12-35-13-11-17)9-8-19(26(29)32)18-6-4-5-7-23(18)34-3/h4-9,17,20-21,24-25,31H,10-16H2,1-3H3/t20-,21-,24+,25-/m1/s1. The minimum absolute atomic E-state index is 0.00522. The Hall–Kier alpha value is -2.68. The smallest absolute Gasteiger partial charge is 0.258 e. The number of carbonyl (C=O) groups is 1. The van der Waals surface area contributed by atoms with Crippen molar-refractivity contribution in [1.82, 2.24) is 14.4 Å². The summed E-state index contributed by atoms with van der Waals surface area (Å²) in [6.45, 7) is 2.64. The van der Waals surface area contributed by atoms with Gasteiger partial charge in [0.2, 0.25) is 5.91 Å². The van der Waals surface area contributed by atoms with E-state index < -0.39 is 6.04 Å². The fourth-order valence-electron chi connectivity index (χ4n) is 6.36. The average Bonchev–Trinajstić information content (AvgIpc) is 3.40. The lowest BCUT2D eigenvalue weighted by molar-refractivity contribution is -0.136. The van der Waals surface area contributed by atoms with Crippen LogP contribution in [-0.4, -0.2) is 79.0 Å². The molecule has 8 heteroatoms. The van der Waals surface area contributed by atoms with E-state index in [2.05, 4.69) is 4.90 Å². The van der Waals surface area contributed by atoms with Crippen LogP contribution in [0.4, 0.5) is 0 Å². The summed E-state index contributed by atoms with van der Waals surface area (Å²) < 4.78 is 12.9. The van der Waals surface area contributed by atoms with E-state index in [1.165, 1.54) is 0 Å². The molecule has 0 aliphatic carbocycles. The van der Waals surface area contributed by atoms with E-state index in [-0.39, 0.29) is 36.0 Å². The summed E-state index contributed by atoms with van der Waals surface area (Å²) >= 11 is 0. The maximum absolute atomic E-state index is 13.7. The number of pyridine rings is 1. The van der Waals surface area contributed by atoms with E-state index in [4.69, 9.17) is 9.47 Å². The molecule has 1 aromatic carbocycles. The largest absolute Gasteiger partial charge is 0.496 e. The molecule has 35 heavy (non-hydrogen) atoms. The van der Waals surface area contributed by atoms with Crippen molar-refractivity contribution in [3.63, 3.8) is 0 Å². The number of aromatic nitrogens is 1. The van der Waals surface area contributed by atoms with Gasteiger partial charge in [-0.25, -0.2) is 0 Å². The SMILES string of the molecule is COc1ccccc1-c1ccc2n(c1=O)C[C@@H]1[C@@H](CO)[C@H](C(=O)N(C)C)N(CC3CCOCC3)[C@H]21. The number of ether oxygens (including phenoxy) is 2. The predicted molar refractivity (Wildman–Crippen MR) is 132 cm³/mol. The molecular formula is C27H35N3O5. The molecule has 3 aliphatic rings. The molecule has 1 N–H and O–H groups in total. The van der Waals surface area contributed by atoms with Crippen molar-refractivity contribution in [2.24, 2.45) is 17.8 Å². The molecule has 1 amide bonds. The summed E-state index contributed by atoms with van der Waals surface area (Å²) in [5.41, 5.74) is 2.24. The number of likely N-dealkylation sites (N-methyl/N-ethyl adjacent to an activating group) is 1. The minimum atomic E-state index is -0.398. The van der Waals surface area contributed by atoms with Gasteiger partial charge in [0, 0.05) is 70.1 Å². The third-order valence-electron chi connectivity index (χ3n) is 8.09. The summed E-state index contributed by atoms with van der Waals surface area (Å²) in [6, 6.07) is 11.0. The van der Waals surface area contributed by atoms with E-state index in [0.29, 0.717) is 23.8 Å². The van der Waals surface area contributed by atoms with Crippen LogP contribution in [0, 0.1) is 17.8 Å². The first-order valence-corrected chi connectivity index (χ1v) is 12.5. The monoisotopic (exact) mass is 481 g/mol. The van der Waals surface area contributed by atoms with Crippen LogP contribution in [0.25, 0.3) is 11.1 Å². The van der Waals surface area contributed by atoms with Gasteiger partial charge in [0.05, 0.1) is 24.8 Å². The number of nitrogens with zero attached hydrogens (tertiary/aromatic N) is 3. The number of aliphatic hydroxyl groups excluding tert-OH is 1. The molecule has 0 radical (unpaired) electrons. The molecule has 8 nitrogen and oxygen atoms in total. The number of aliphatic hydroxyl groups is 1. The van der Waals surface area contributed by atoms with Crippen LogP contribution in [0.15, 0.2) is 41.2 Å². The molecule has 1 aromatic heterocycles. The van der Waals surface area contributed by atoms with Crippen molar-refractivity contribution in [3.8, 4) is 16.9 Å². The molecule has 188 valence electrons. The van der Waals surface area contributed by atoms with E-state index in [0.717, 1.165) is 43.9 Å². The zero-order valence-corrected chi connectivity index (χ0v) is 20.7. The van der Waals surface area contributed by atoms with Gasteiger partial charge in [-0.15, -0.1) is 0 Å². The molecule has 0 spiro atoms. The molecular weight excluding hydrogens is 446 g/mol. The first-order chi connectivity index (χ1) is 17.0. The lowest BCUT2D eigenvalue weighted by Crippen LogP contribution is -2.49. The zero-order chi connectivity index (χ0) is 24.7. The highest BCUT2D eigenvalue weighted by Gasteiger charge is 2.56. The molecule has 4 atom stereocenters. The number of methoxy groups -OCH3 is 1. The third-order valence-corrected chi connectivity index (χ3v) is 8.09. The molecule has 0 bridgehead atoms. The van der Waals surface area contributed by atoms with Gasteiger partial charge < -0.3 is 24.0 Å². The zero-order valence-electron chi connectivity index (χ0n) is 20.7. The van der Waals surface area contributed by atoms with Gasteiger partial charge in [0.25, 0.3) is 5.56 Å². The van der Waals surface area contributed by atoms with Crippen LogP contribution < -0.4 is 10.3 Å². The number of hydrogen-bond donors (Lipinski definition) is 1. The van der Waals surface area contributed by atoms with Gasteiger partial charge in [-0.05, 0) is 37.0 Å². The van der Waals surface area contributed by atoms with E-state index in [1.807, 2.05) is 41.0 Å². The van der Waals surface area contributed by atoms with Crippen molar-refractivity contribution >= 4 is 5.91 Å². The van der Waals surface area contributed by atoms with Crippen molar-refractivity contribution in [1.29, 1.82) is 0 Å². The quantitative estimate of drug-likeness (QED) is 0.680. The van der Waals surface area contributed by atoms with Crippen LogP contribution in [0.2, 0.25) is 0 Å². The fourth-order valence-corrected chi connectivity index (χ4v) is 6.36. The highest BCUT2D eigenvalue weighted by Crippen LogP contribution is 2.50. The van der Waals surface area contributed by atoms with Crippen LogP contribution in [-0.2, 0) is 16.1 Å². The molecule has 2 saturated heterocycles. The van der Waals surface area contributed by atoms with E-state index in [9.17, 15) is 14.7 Å². The second-order valence-electron chi connectivity index (χ2n) is 10.2. The molecule has 3 aliphatic heterocycles. The molecule has 0 saturated carbocycles. The number of carbonyl (C=O) groups excluding carboxylic acids is 1. The Kier molecular flexibility index (Phi) is 6.70. The second kappa shape index (κ2) is 9.76. The Bertz CT molecular complexity index is 1140. The minimum Gasteiger partial charge on any atom is -0.496 e. The van der Waals surface area contributed by atoms with Crippen LogP contribution >= 0.6 is 0 Å². The number of amides is 1. The maximum Gasteiger partial charge on any atom is 0.258 e. The van der Waals surface area contributed by atoms with E-state index in [1.54, 1.807) is 26.1 Å². The van der Waals surface area contributed by atoms with Gasteiger partial charge in [0.1, 0.15) is 5.75 Å². The van der Waals surface area contributed by atoms with Crippen LogP contribution in [0.5, 0.6) is 5.75 Å². The average molecular weight is 482 g/mol. The molecule has 2 aromatic rings. The highest BCUT2D eigenvalue weighted by molar-refractivity contribution is 5.82. The number of rotatable bonds is 6. The Morgan fingerprint density at radius 2 is 1.89 bits per heavy atom. The Balaban J connectivity index is 1.57. The van der Waals surface area contributed by atoms with Crippen molar-refractivity contribution in [3.05, 3.63) is 52.4 Å². The first-order valence-electron chi connectivity index (χ1n) is 12.5. The van der Waals surface area contributed by atoms with Gasteiger partial charge in [-0.1, -0.05) is 18.2 Å². The summed E-state index contributed by atoms with van der Waals surface area (Å²) in [5.74, 6) is 0.866. The number of para-hydroxylation sites is 1. The molecule has 0 unspecified atom stereocenters. The summed E-state index contributed by atoms with van der Waals surface area (Å²) in [6.07, 6.45) is 1.92. The van der Waals surface area contributed by atoms with E-state index >= 15 is 0 Å². The van der Waals surface area contributed by atoms with Crippen molar-refractivity contribution in [2.75, 3.05) is 47.6 Å². The molecule has 4 heterocycles. The first kappa shape index (κ1) is 24.0. The summed E-state index contributed by atoms with van der Waals surface area (Å²) in [4.78, 5) is 31.0. The highest BCUT2D eigenvalue weighted by atomic mass is 16.5. The maximum atomic E-state index is 13.7. The lowest BCUT2D eigenvalue weighted by atomic mass is 9.88. The van der Waals surface area contributed by atoms with Crippen molar-refractivity contribution in [2.45, 2.75) is 31.5 Å². The van der Waals surface area contributed by atoms with Crippen molar-refractivity contribution < 1.29 is 19.4 Å². The fraction of sp³-hybridized carbons (Fsp3) is 0.556. The lowest BCUT2D eigenvalue weighted by Gasteiger charge is -2.36. The number of hydrogen-bond acceptors (Lipinski definition) is 6. The topological polar surface area (TPSA) is 84.2 Å². The summed E-state index contributed by atoms with van der Waals surface area (Å²) in [5, 5.41) is 10.5. The molecule has 5 rings (SSSR count). The Morgan fingerprint density at radius 1 is 1.14 bits per heavy atom. The van der Waals surface area contributed by atoms with Gasteiger partial charge >= 0.3 is 0 Å². The Morgan fingerprint density at radius 3 is 2.57 bits per heavy atom. The van der Waals surface area contributed by atoms with Gasteiger partial charge in [-0.2, -0.15) is 0 Å². The molecule has 2 fully saturated rings. The van der Waals surface area contributed by atoms with Gasteiger partial charge in [0.15, 0.2) is 0 Å². The van der Waals surface area contributed by atoms with Crippen LogP contribution in [0.1, 0.15) is 24.6 Å². The third kappa shape index (κ3) is 4.07. The second-order valence-corrected chi connectivity index (χ2v) is 10.2.